The Morgan fingerprint density at radius 1 is 1.21 bits per heavy atom. The molecule has 6 nitrogen and oxygen atoms in total. The van der Waals surface area contributed by atoms with Crippen molar-refractivity contribution in [1.29, 1.82) is 0 Å². The van der Waals surface area contributed by atoms with Crippen molar-refractivity contribution < 1.29 is 4.74 Å². The van der Waals surface area contributed by atoms with Crippen molar-refractivity contribution in [3.63, 3.8) is 0 Å². The Balaban J connectivity index is 2.31. The molecule has 0 amide bonds. The van der Waals surface area contributed by atoms with E-state index in [-0.39, 0.29) is 23.9 Å². The van der Waals surface area contributed by atoms with Crippen LogP contribution in [-0.4, -0.2) is 27.7 Å². The Kier molecular flexibility index (Phi) is 2.20. The second-order valence-corrected chi connectivity index (χ2v) is 3.38. The highest BCUT2D eigenvalue weighted by molar-refractivity contribution is 5.27. The highest BCUT2D eigenvalue weighted by Crippen LogP contribution is 2.28. The third-order valence-corrected chi connectivity index (χ3v) is 2.40. The highest BCUT2D eigenvalue weighted by atomic mass is 16.5. The summed E-state index contributed by atoms with van der Waals surface area (Å²) in [6, 6.07) is 0. The van der Waals surface area contributed by atoms with E-state index in [2.05, 4.69) is 15.0 Å². The molecule has 2 rings (SSSR count). The van der Waals surface area contributed by atoms with E-state index in [0.29, 0.717) is 5.82 Å². The first-order valence-electron chi connectivity index (χ1n) is 4.55. The second kappa shape index (κ2) is 3.38. The zero-order chi connectivity index (χ0) is 10.1. The topological polar surface area (TPSA) is 99.9 Å². The van der Waals surface area contributed by atoms with Crippen LogP contribution in [0.1, 0.15) is 25.1 Å². The number of nitrogen functional groups attached to an aromatic ring is 2. The maximum Gasteiger partial charge on any atom is 0.225 e. The van der Waals surface area contributed by atoms with Gasteiger partial charge in [-0.1, -0.05) is 0 Å². The van der Waals surface area contributed by atoms with E-state index in [1.165, 1.54) is 0 Å². The Morgan fingerprint density at radius 3 is 2.36 bits per heavy atom. The summed E-state index contributed by atoms with van der Waals surface area (Å²) < 4.78 is 5.42. The Labute approximate surface area is 81.7 Å². The summed E-state index contributed by atoms with van der Waals surface area (Å²) in [5.74, 6) is 1.17. The number of ether oxygens (including phenoxy) is 1. The Hall–Kier alpha value is -1.43. The predicted molar refractivity (Wildman–Crippen MR) is 51.4 cm³/mol. The summed E-state index contributed by atoms with van der Waals surface area (Å²) in [5.41, 5.74) is 11.0. The van der Waals surface area contributed by atoms with Crippen LogP contribution in [0.2, 0.25) is 0 Å². The van der Waals surface area contributed by atoms with Crippen molar-refractivity contribution >= 4 is 11.9 Å². The molecule has 0 radical (unpaired) electrons. The molecule has 14 heavy (non-hydrogen) atoms. The maximum absolute atomic E-state index is 5.49. The molecule has 1 aliphatic heterocycles. The van der Waals surface area contributed by atoms with E-state index >= 15 is 0 Å². The molecule has 2 atom stereocenters. The number of hydrogen-bond acceptors (Lipinski definition) is 6. The Bertz CT molecular complexity index is 322. The molecule has 1 aromatic rings. The van der Waals surface area contributed by atoms with Crippen molar-refractivity contribution in [3.8, 4) is 0 Å². The molecule has 76 valence electrons. The third kappa shape index (κ3) is 1.60. The lowest BCUT2D eigenvalue weighted by Crippen LogP contribution is -2.15. The zero-order valence-electron chi connectivity index (χ0n) is 7.97. The molecule has 2 unspecified atom stereocenters. The second-order valence-electron chi connectivity index (χ2n) is 3.38. The molecular formula is C8H13N5O. The van der Waals surface area contributed by atoms with Crippen LogP contribution in [0.5, 0.6) is 0 Å². The summed E-state index contributed by atoms with van der Waals surface area (Å²) in [7, 11) is 0. The molecule has 0 spiro atoms. The van der Waals surface area contributed by atoms with Gasteiger partial charge >= 0.3 is 0 Å². The van der Waals surface area contributed by atoms with Gasteiger partial charge in [-0.05, 0) is 13.3 Å². The highest BCUT2D eigenvalue weighted by Gasteiger charge is 2.28. The van der Waals surface area contributed by atoms with Crippen LogP contribution in [0, 0.1) is 0 Å². The quantitative estimate of drug-likeness (QED) is 0.650. The van der Waals surface area contributed by atoms with Crippen LogP contribution in [0.15, 0.2) is 0 Å². The first-order chi connectivity index (χ1) is 6.66. The van der Waals surface area contributed by atoms with Gasteiger partial charge in [-0.2, -0.15) is 15.0 Å². The van der Waals surface area contributed by atoms with Gasteiger partial charge in [-0.15, -0.1) is 0 Å². The fourth-order valence-electron chi connectivity index (χ4n) is 1.66. The predicted octanol–water partition coefficient (Wildman–Crippen LogP) is -0.0716. The first kappa shape index (κ1) is 9.14. The van der Waals surface area contributed by atoms with Crippen LogP contribution >= 0.6 is 0 Å². The minimum Gasteiger partial charge on any atom is -0.378 e. The molecule has 1 aliphatic rings. The average molecular weight is 195 g/mol. The number of nitrogens with two attached hydrogens (primary N) is 2. The zero-order valence-corrected chi connectivity index (χ0v) is 7.97. The summed E-state index contributed by atoms with van der Waals surface area (Å²) in [4.78, 5) is 11.8. The molecule has 1 aromatic heterocycles. The molecule has 4 N–H and O–H groups in total. The minimum atomic E-state index is 0.121. The number of rotatable bonds is 1. The monoisotopic (exact) mass is 195 g/mol. The van der Waals surface area contributed by atoms with E-state index in [9.17, 15) is 0 Å². The molecule has 0 saturated carbocycles. The van der Waals surface area contributed by atoms with Crippen LogP contribution in [-0.2, 0) is 4.74 Å². The van der Waals surface area contributed by atoms with Gasteiger partial charge in [0, 0.05) is 12.5 Å². The van der Waals surface area contributed by atoms with Crippen LogP contribution < -0.4 is 11.5 Å². The van der Waals surface area contributed by atoms with Crippen molar-refractivity contribution in [2.45, 2.75) is 25.4 Å². The lowest BCUT2D eigenvalue weighted by Gasteiger charge is -2.12. The van der Waals surface area contributed by atoms with Crippen molar-refractivity contribution in [2.75, 3.05) is 18.1 Å². The van der Waals surface area contributed by atoms with Crippen molar-refractivity contribution in [2.24, 2.45) is 0 Å². The fraction of sp³-hybridized carbons (Fsp3) is 0.625. The molecule has 6 heteroatoms. The summed E-state index contributed by atoms with van der Waals surface area (Å²) in [6.07, 6.45) is 1.03. The van der Waals surface area contributed by atoms with E-state index in [1.54, 1.807) is 0 Å². The number of nitrogens with zero attached hydrogens (tertiary/aromatic N) is 3. The maximum atomic E-state index is 5.49. The molecule has 0 bridgehead atoms. The van der Waals surface area contributed by atoms with Gasteiger partial charge in [0.2, 0.25) is 11.9 Å². The van der Waals surface area contributed by atoms with Gasteiger partial charge in [0.25, 0.3) is 0 Å². The van der Waals surface area contributed by atoms with Gasteiger partial charge in [-0.25, -0.2) is 0 Å². The van der Waals surface area contributed by atoms with Gasteiger partial charge in [0.05, 0.1) is 6.10 Å². The Morgan fingerprint density at radius 2 is 1.86 bits per heavy atom. The smallest absolute Gasteiger partial charge is 0.225 e. The lowest BCUT2D eigenvalue weighted by atomic mass is 10.0. The van der Waals surface area contributed by atoms with E-state index in [1.807, 2.05) is 6.92 Å². The van der Waals surface area contributed by atoms with Crippen LogP contribution in [0.25, 0.3) is 0 Å². The molecule has 0 aromatic carbocycles. The largest absolute Gasteiger partial charge is 0.378 e. The van der Waals surface area contributed by atoms with E-state index in [4.69, 9.17) is 16.2 Å². The van der Waals surface area contributed by atoms with Crippen LogP contribution in [0.3, 0.4) is 0 Å². The van der Waals surface area contributed by atoms with E-state index < -0.39 is 0 Å². The molecule has 1 saturated heterocycles. The third-order valence-electron chi connectivity index (χ3n) is 2.40. The fourth-order valence-corrected chi connectivity index (χ4v) is 1.66. The van der Waals surface area contributed by atoms with E-state index in [0.717, 1.165) is 13.0 Å². The van der Waals surface area contributed by atoms with Crippen molar-refractivity contribution in [1.82, 2.24) is 15.0 Å². The minimum absolute atomic E-state index is 0.121. The number of aromatic nitrogens is 3. The standard InChI is InChI=1S/C8H13N5O/c1-4-5(2-3-14-4)6-11-7(9)13-8(10)12-6/h4-5H,2-3H2,1H3,(H4,9,10,11,12,13). The normalized spacial score (nSPS) is 26.6. The molecule has 0 aliphatic carbocycles. The molecule has 1 fully saturated rings. The van der Waals surface area contributed by atoms with Crippen molar-refractivity contribution in [3.05, 3.63) is 5.82 Å². The molecule has 2 heterocycles. The van der Waals surface area contributed by atoms with Gasteiger partial charge in [-0.3, -0.25) is 0 Å². The molecular weight excluding hydrogens is 182 g/mol. The lowest BCUT2D eigenvalue weighted by molar-refractivity contribution is 0.117. The van der Waals surface area contributed by atoms with Crippen LogP contribution in [0.4, 0.5) is 11.9 Å². The number of anilines is 2. The average Bonchev–Trinajstić information content (AvgIpc) is 2.49. The summed E-state index contributed by atoms with van der Waals surface area (Å²) in [6.45, 7) is 2.73. The first-order valence-corrected chi connectivity index (χ1v) is 4.55. The summed E-state index contributed by atoms with van der Waals surface area (Å²) >= 11 is 0. The SMILES string of the molecule is CC1OCCC1c1nc(N)nc(N)n1. The summed E-state index contributed by atoms with van der Waals surface area (Å²) in [5, 5.41) is 0. The van der Waals surface area contributed by atoms with Gasteiger partial charge in [0.1, 0.15) is 5.82 Å². The van der Waals surface area contributed by atoms with Gasteiger partial charge < -0.3 is 16.2 Å². The number of hydrogen-bond donors (Lipinski definition) is 2. The van der Waals surface area contributed by atoms with Gasteiger partial charge in [0.15, 0.2) is 0 Å².